The zero-order chi connectivity index (χ0) is 23.9. The van der Waals surface area contributed by atoms with Gasteiger partial charge in [0.1, 0.15) is 23.4 Å². The van der Waals surface area contributed by atoms with Gasteiger partial charge in [0, 0.05) is 37.6 Å². The standard InChI is InChI=1S/C26H30N4O4/c1-3-13-33-22-15-25(27)29-16-20(22)18-9-11-30(12-10-18)26(31)21-14-23(32-2)24(17-28-21)34-19-7-5-4-6-8-19/h4-8,14-17,22H,3,9-13,27H2,1-2H3. The fourth-order valence-corrected chi connectivity index (χ4v) is 4.00. The maximum atomic E-state index is 13.1. The van der Waals surface area contributed by atoms with Crippen LogP contribution in [0.15, 0.2) is 70.6 Å². The van der Waals surface area contributed by atoms with Gasteiger partial charge >= 0.3 is 0 Å². The quantitative estimate of drug-likeness (QED) is 0.665. The molecule has 8 heteroatoms. The monoisotopic (exact) mass is 462 g/mol. The highest BCUT2D eigenvalue weighted by Gasteiger charge is 2.26. The van der Waals surface area contributed by atoms with E-state index < -0.39 is 0 Å². The Bertz CT molecular complexity index is 1100. The fraction of sp³-hybridized carbons (Fsp3) is 0.346. The Morgan fingerprint density at radius 2 is 1.94 bits per heavy atom. The van der Waals surface area contributed by atoms with Gasteiger partial charge in [0.05, 0.1) is 13.3 Å². The lowest BCUT2D eigenvalue weighted by Gasteiger charge is -2.31. The second kappa shape index (κ2) is 11.0. The highest BCUT2D eigenvalue weighted by Crippen LogP contribution is 2.32. The number of aromatic nitrogens is 1. The van der Waals surface area contributed by atoms with E-state index in [9.17, 15) is 4.79 Å². The maximum absolute atomic E-state index is 13.1. The summed E-state index contributed by atoms with van der Waals surface area (Å²) in [5.74, 6) is 1.92. The smallest absolute Gasteiger partial charge is 0.272 e. The lowest BCUT2D eigenvalue weighted by atomic mass is 9.93. The van der Waals surface area contributed by atoms with E-state index in [4.69, 9.17) is 19.9 Å². The molecule has 1 unspecified atom stereocenters. The molecule has 0 saturated carbocycles. The zero-order valence-corrected chi connectivity index (χ0v) is 19.6. The van der Waals surface area contributed by atoms with Crippen LogP contribution in [0.4, 0.5) is 0 Å². The van der Waals surface area contributed by atoms with Crippen LogP contribution in [0.25, 0.3) is 0 Å². The molecule has 4 rings (SSSR count). The summed E-state index contributed by atoms with van der Waals surface area (Å²) in [4.78, 5) is 23.6. The summed E-state index contributed by atoms with van der Waals surface area (Å²) in [7, 11) is 1.55. The third kappa shape index (κ3) is 5.46. The van der Waals surface area contributed by atoms with Gasteiger partial charge in [0.25, 0.3) is 5.91 Å². The number of para-hydroxylation sites is 1. The number of benzene rings is 1. The molecule has 0 radical (unpaired) electrons. The number of piperidine rings is 1. The molecule has 0 aliphatic carbocycles. The number of carbonyl (C=O) groups excluding carboxylic acids is 1. The van der Waals surface area contributed by atoms with Gasteiger partial charge < -0.3 is 24.8 Å². The molecule has 0 spiro atoms. The number of rotatable bonds is 7. The number of pyridine rings is 1. The van der Waals surface area contributed by atoms with Crippen LogP contribution in [0.5, 0.6) is 17.2 Å². The molecule has 2 aliphatic heterocycles. The Kier molecular flexibility index (Phi) is 7.59. The summed E-state index contributed by atoms with van der Waals surface area (Å²) in [6, 6.07) is 11.0. The molecule has 2 N–H and O–H groups in total. The average Bonchev–Trinajstić information content (AvgIpc) is 2.88. The molecule has 1 saturated heterocycles. The minimum absolute atomic E-state index is 0.131. The van der Waals surface area contributed by atoms with Crippen LogP contribution in [0.2, 0.25) is 0 Å². The highest BCUT2D eigenvalue weighted by atomic mass is 16.5. The lowest BCUT2D eigenvalue weighted by Crippen LogP contribution is -2.37. The first kappa shape index (κ1) is 23.5. The van der Waals surface area contributed by atoms with Crippen molar-refractivity contribution in [2.75, 3.05) is 26.8 Å². The molecule has 178 valence electrons. The average molecular weight is 463 g/mol. The number of aliphatic imine (C=N–C) groups is 1. The summed E-state index contributed by atoms with van der Waals surface area (Å²) in [6.45, 7) is 3.92. The zero-order valence-electron chi connectivity index (χ0n) is 19.6. The lowest BCUT2D eigenvalue weighted by molar-refractivity contribution is 0.0734. The summed E-state index contributed by atoms with van der Waals surface area (Å²) in [6.07, 6.45) is 7.43. The number of likely N-dealkylation sites (tertiary alicyclic amines) is 1. The van der Waals surface area contributed by atoms with Crippen LogP contribution in [-0.4, -0.2) is 54.9 Å². The van der Waals surface area contributed by atoms with Crippen molar-refractivity contribution in [2.24, 2.45) is 10.7 Å². The number of hydrogen-bond donors (Lipinski definition) is 1. The fourth-order valence-electron chi connectivity index (χ4n) is 4.00. The molecule has 1 atom stereocenters. The summed E-state index contributed by atoms with van der Waals surface area (Å²) >= 11 is 0. The number of nitrogens with two attached hydrogens (primary N) is 1. The predicted octanol–water partition coefficient (Wildman–Crippen LogP) is 4.09. The van der Waals surface area contributed by atoms with Crippen molar-refractivity contribution < 1.29 is 19.0 Å². The molecule has 34 heavy (non-hydrogen) atoms. The van der Waals surface area contributed by atoms with Crippen molar-refractivity contribution in [3.8, 4) is 17.2 Å². The second-order valence-electron chi connectivity index (χ2n) is 8.13. The molecule has 2 aliphatic rings. The first-order valence-electron chi connectivity index (χ1n) is 11.5. The van der Waals surface area contributed by atoms with Gasteiger partial charge in [-0.25, -0.2) is 9.98 Å². The Balaban J connectivity index is 1.44. The number of hydrogen-bond acceptors (Lipinski definition) is 7. The molecule has 8 nitrogen and oxygen atoms in total. The Labute approximate surface area is 199 Å². The molecule has 1 aromatic carbocycles. The van der Waals surface area contributed by atoms with Gasteiger partial charge in [-0.15, -0.1) is 0 Å². The number of ether oxygens (including phenoxy) is 3. The first-order chi connectivity index (χ1) is 16.6. The van der Waals surface area contributed by atoms with Crippen LogP contribution in [-0.2, 0) is 4.74 Å². The molecule has 0 bridgehead atoms. The summed E-state index contributed by atoms with van der Waals surface area (Å²) < 4.78 is 17.3. The van der Waals surface area contributed by atoms with E-state index in [0.29, 0.717) is 48.5 Å². The Morgan fingerprint density at radius 3 is 2.65 bits per heavy atom. The van der Waals surface area contributed by atoms with E-state index in [-0.39, 0.29) is 12.0 Å². The van der Waals surface area contributed by atoms with Crippen molar-refractivity contribution >= 4 is 12.1 Å². The predicted molar refractivity (Wildman–Crippen MR) is 130 cm³/mol. The molecular formula is C26H30N4O4. The van der Waals surface area contributed by atoms with Crippen molar-refractivity contribution in [2.45, 2.75) is 32.3 Å². The summed E-state index contributed by atoms with van der Waals surface area (Å²) in [5.41, 5.74) is 8.50. The van der Waals surface area contributed by atoms with E-state index >= 15 is 0 Å². The van der Waals surface area contributed by atoms with E-state index in [2.05, 4.69) is 16.9 Å². The first-order valence-corrected chi connectivity index (χ1v) is 11.5. The van der Waals surface area contributed by atoms with Gasteiger partial charge in [-0.05, 0) is 37.5 Å². The molecule has 1 fully saturated rings. The van der Waals surface area contributed by atoms with E-state index in [1.807, 2.05) is 41.3 Å². The van der Waals surface area contributed by atoms with Gasteiger partial charge in [-0.2, -0.15) is 0 Å². The molecule has 2 aromatic rings. The van der Waals surface area contributed by atoms with E-state index in [1.54, 1.807) is 19.4 Å². The topological polar surface area (TPSA) is 99.3 Å². The van der Waals surface area contributed by atoms with Gasteiger partial charge in [0.2, 0.25) is 0 Å². The van der Waals surface area contributed by atoms with E-state index in [1.165, 1.54) is 11.8 Å². The van der Waals surface area contributed by atoms with Crippen LogP contribution in [0, 0.1) is 0 Å². The van der Waals surface area contributed by atoms with Crippen molar-refractivity contribution in [3.05, 3.63) is 71.3 Å². The SMILES string of the molecule is CCCOC1C=C(N)N=CC1=C1CCN(C(=O)c2cc(OC)c(Oc3ccccc3)cn2)CC1. The third-order valence-electron chi connectivity index (χ3n) is 5.79. The molecule has 1 aromatic heterocycles. The normalized spacial score (nSPS) is 18.0. The molecular weight excluding hydrogens is 432 g/mol. The second-order valence-corrected chi connectivity index (χ2v) is 8.13. The van der Waals surface area contributed by atoms with Crippen LogP contribution in [0.3, 0.4) is 0 Å². The largest absolute Gasteiger partial charge is 0.493 e. The van der Waals surface area contributed by atoms with Crippen molar-refractivity contribution in [1.29, 1.82) is 0 Å². The van der Waals surface area contributed by atoms with Gasteiger partial charge in [-0.1, -0.05) is 30.7 Å². The summed E-state index contributed by atoms with van der Waals surface area (Å²) in [5, 5.41) is 0. The highest BCUT2D eigenvalue weighted by molar-refractivity contribution is 5.93. The van der Waals surface area contributed by atoms with Gasteiger partial charge in [0.15, 0.2) is 11.5 Å². The van der Waals surface area contributed by atoms with Crippen LogP contribution >= 0.6 is 0 Å². The number of amides is 1. The third-order valence-corrected chi connectivity index (χ3v) is 5.79. The van der Waals surface area contributed by atoms with E-state index in [0.717, 1.165) is 24.8 Å². The maximum Gasteiger partial charge on any atom is 0.272 e. The van der Waals surface area contributed by atoms with Gasteiger partial charge in [-0.3, -0.25) is 4.79 Å². The Morgan fingerprint density at radius 1 is 1.18 bits per heavy atom. The van der Waals surface area contributed by atoms with Crippen molar-refractivity contribution in [1.82, 2.24) is 9.88 Å². The minimum Gasteiger partial charge on any atom is -0.493 e. The van der Waals surface area contributed by atoms with Crippen LogP contribution < -0.4 is 15.2 Å². The number of carbonyl (C=O) groups is 1. The molecule has 3 heterocycles. The van der Waals surface area contributed by atoms with Crippen molar-refractivity contribution in [3.63, 3.8) is 0 Å². The minimum atomic E-state index is -0.183. The molecule has 1 amide bonds. The number of nitrogens with zero attached hydrogens (tertiary/aromatic N) is 3. The van der Waals surface area contributed by atoms with Crippen LogP contribution in [0.1, 0.15) is 36.7 Å². The number of methoxy groups -OCH3 is 1. The Hall–Kier alpha value is -3.65.